The molecule has 0 spiro atoms. The van der Waals surface area contributed by atoms with E-state index in [9.17, 15) is 4.79 Å². The SMILES string of the molecule is CN1C(=O)CCC1c1cncc(C2CCC=N2)c1. The summed E-state index contributed by atoms with van der Waals surface area (Å²) in [5.41, 5.74) is 2.32. The standard InChI is InChI=1S/C14H17N3O/c1-17-13(4-5-14(17)18)11-7-10(8-15-9-11)12-3-2-6-16-12/h6-9,12-13H,2-5H2,1H3. The van der Waals surface area contributed by atoms with Gasteiger partial charge in [0.15, 0.2) is 0 Å². The number of carbonyl (C=O) groups excluding carboxylic acids is 1. The highest BCUT2D eigenvalue weighted by Gasteiger charge is 2.29. The van der Waals surface area contributed by atoms with Crippen molar-refractivity contribution in [1.82, 2.24) is 9.88 Å². The van der Waals surface area contributed by atoms with Crippen LogP contribution in [0.3, 0.4) is 0 Å². The van der Waals surface area contributed by atoms with Gasteiger partial charge >= 0.3 is 0 Å². The molecule has 0 bridgehead atoms. The molecule has 1 fully saturated rings. The number of nitrogens with zero attached hydrogens (tertiary/aromatic N) is 3. The minimum atomic E-state index is 0.190. The van der Waals surface area contributed by atoms with Gasteiger partial charge in [-0.05, 0) is 42.7 Å². The minimum absolute atomic E-state index is 0.190. The van der Waals surface area contributed by atoms with Crippen molar-refractivity contribution in [2.24, 2.45) is 4.99 Å². The molecule has 1 amide bonds. The molecule has 1 saturated heterocycles. The number of aromatic nitrogens is 1. The van der Waals surface area contributed by atoms with Crippen LogP contribution < -0.4 is 0 Å². The van der Waals surface area contributed by atoms with Crippen molar-refractivity contribution in [2.75, 3.05) is 7.05 Å². The summed E-state index contributed by atoms with van der Waals surface area (Å²) in [6.45, 7) is 0. The first-order chi connectivity index (χ1) is 8.75. The minimum Gasteiger partial charge on any atom is -0.339 e. The third kappa shape index (κ3) is 1.92. The van der Waals surface area contributed by atoms with Crippen LogP contribution in [0.2, 0.25) is 0 Å². The van der Waals surface area contributed by atoms with E-state index in [1.54, 1.807) is 0 Å². The molecule has 1 aromatic rings. The Labute approximate surface area is 107 Å². The summed E-state index contributed by atoms with van der Waals surface area (Å²) in [5.74, 6) is 0.226. The van der Waals surface area contributed by atoms with Gasteiger partial charge in [-0.25, -0.2) is 0 Å². The molecule has 0 radical (unpaired) electrons. The fraction of sp³-hybridized carbons (Fsp3) is 0.500. The Morgan fingerprint density at radius 3 is 2.78 bits per heavy atom. The van der Waals surface area contributed by atoms with Crippen LogP contribution in [0.1, 0.15) is 48.9 Å². The molecule has 0 aromatic carbocycles. The van der Waals surface area contributed by atoms with E-state index in [-0.39, 0.29) is 18.0 Å². The number of hydrogen-bond donors (Lipinski definition) is 0. The Hall–Kier alpha value is -1.71. The molecule has 4 nitrogen and oxygen atoms in total. The normalized spacial score (nSPS) is 27.2. The summed E-state index contributed by atoms with van der Waals surface area (Å²) in [7, 11) is 1.88. The topological polar surface area (TPSA) is 45.6 Å². The molecular weight excluding hydrogens is 226 g/mol. The molecule has 0 saturated carbocycles. The lowest BCUT2D eigenvalue weighted by molar-refractivity contribution is -0.127. The van der Waals surface area contributed by atoms with Crippen LogP contribution in [0.15, 0.2) is 23.5 Å². The largest absolute Gasteiger partial charge is 0.339 e. The summed E-state index contributed by atoms with van der Waals surface area (Å²) in [6.07, 6.45) is 9.43. The number of amides is 1. The number of carbonyl (C=O) groups is 1. The van der Waals surface area contributed by atoms with Gasteiger partial charge in [-0.2, -0.15) is 0 Å². The van der Waals surface area contributed by atoms with E-state index in [1.807, 2.05) is 30.6 Å². The maximum Gasteiger partial charge on any atom is 0.222 e. The van der Waals surface area contributed by atoms with E-state index in [1.165, 1.54) is 5.56 Å². The van der Waals surface area contributed by atoms with Gasteiger partial charge in [-0.1, -0.05) is 0 Å². The van der Waals surface area contributed by atoms with Crippen molar-refractivity contribution in [3.05, 3.63) is 29.6 Å². The van der Waals surface area contributed by atoms with Crippen LogP contribution >= 0.6 is 0 Å². The molecular formula is C14H17N3O. The summed E-state index contributed by atoms with van der Waals surface area (Å²) < 4.78 is 0. The lowest BCUT2D eigenvalue weighted by Gasteiger charge is -2.20. The van der Waals surface area contributed by atoms with Crippen molar-refractivity contribution < 1.29 is 4.79 Å². The Bertz CT molecular complexity index is 498. The Morgan fingerprint density at radius 1 is 1.28 bits per heavy atom. The maximum atomic E-state index is 11.6. The second-order valence-electron chi connectivity index (χ2n) is 5.04. The van der Waals surface area contributed by atoms with Crippen molar-refractivity contribution in [3.63, 3.8) is 0 Å². The summed E-state index contributed by atoms with van der Waals surface area (Å²) >= 11 is 0. The third-order valence-corrected chi connectivity index (χ3v) is 3.90. The second-order valence-corrected chi connectivity index (χ2v) is 5.04. The zero-order chi connectivity index (χ0) is 12.5. The Morgan fingerprint density at radius 2 is 2.11 bits per heavy atom. The zero-order valence-electron chi connectivity index (χ0n) is 10.5. The molecule has 0 aliphatic carbocycles. The number of rotatable bonds is 2. The van der Waals surface area contributed by atoms with Gasteiger partial charge in [0.1, 0.15) is 0 Å². The second kappa shape index (κ2) is 4.52. The van der Waals surface area contributed by atoms with Crippen LogP contribution in [0.25, 0.3) is 0 Å². The molecule has 2 aliphatic rings. The molecule has 2 atom stereocenters. The van der Waals surface area contributed by atoms with E-state index in [0.29, 0.717) is 6.42 Å². The predicted octanol–water partition coefficient (Wildman–Crippen LogP) is 2.28. The molecule has 3 heterocycles. The molecule has 0 N–H and O–H groups in total. The molecule has 4 heteroatoms. The maximum absolute atomic E-state index is 11.6. The monoisotopic (exact) mass is 243 g/mol. The molecule has 3 rings (SSSR count). The molecule has 94 valence electrons. The fourth-order valence-corrected chi connectivity index (χ4v) is 2.80. The van der Waals surface area contributed by atoms with Crippen LogP contribution in [0.5, 0.6) is 0 Å². The molecule has 18 heavy (non-hydrogen) atoms. The third-order valence-electron chi connectivity index (χ3n) is 3.90. The molecule has 1 aromatic heterocycles. The highest BCUT2D eigenvalue weighted by molar-refractivity contribution is 5.78. The quantitative estimate of drug-likeness (QED) is 0.800. The molecule has 2 aliphatic heterocycles. The van der Waals surface area contributed by atoms with Crippen LogP contribution in [-0.2, 0) is 4.79 Å². The van der Waals surface area contributed by atoms with Crippen LogP contribution in [0, 0.1) is 0 Å². The summed E-state index contributed by atoms with van der Waals surface area (Å²) in [4.78, 5) is 22.2. The van der Waals surface area contributed by atoms with Gasteiger partial charge in [0, 0.05) is 25.9 Å². The zero-order valence-corrected chi connectivity index (χ0v) is 10.5. The van der Waals surface area contributed by atoms with Crippen molar-refractivity contribution in [3.8, 4) is 0 Å². The van der Waals surface area contributed by atoms with Crippen molar-refractivity contribution in [2.45, 2.75) is 37.8 Å². The van der Waals surface area contributed by atoms with Gasteiger partial charge < -0.3 is 4.90 Å². The van der Waals surface area contributed by atoms with E-state index in [4.69, 9.17) is 0 Å². The Kier molecular flexibility index (Phi) is 2.86. The van der Waals surface area contributed by atoms with Gasteiger partial charge in [-0.15, -0.1) is 0 Å². The average molecular weight is 243 g/mol. The van der Waals surface area contributed by atoms with Crippen LogP contribution in [-0.4, -0.2) is 29.1 Å². The number of likely N-dealkylation sites (tertiary alicyclic amines) is 1. The average Bonchev–Trinajstić information content (AvgIpc) is 3.02. The molecule has 2 unspecified atom stereocenters. The highest BCUT2D eigenvalue weighted by Crippen LogP contribution is 2.33. The van der Waals surface area contributed by atoms with E-state index in [0.717, 1.165) is 24.8 Å². The van der Waals surface area contributed by atoms with Gasteiger partial charge in [-0.3, -0.25) is 14.8 Å². The van der Waals surface area contributed by atoms with Crippen molar-refractivity contribution in [1.29, 1.82) is 0 Å². The van der Waals surface area contributed by atoms with E-state index >= 15 is 0 Å². The first kappa shape index (κ1) is 11.4. The highest BCUT2D eigenvalue weighted by atomic mass is 16.2. The first-order valence-corrected chi connectivity index (χ1v) is 6.48. The Balaban J connectivity index is 1.87. The van der Waals surface area contributed by atoms with Crippen molar-refractivity contribution >= 4 is 12.1 Å². The first-order valence-electron chi connectivity index (χ1n) is 6.48. The summed E-state index contributed by atoms with van der Waals surface area (Å²) in [5, 5.41) is 0. The lowest BCUT2D eigenvalue weighted by Crippen LogP contribution is -2.22. The fourth-order valence-electron chi connectivity index (χ4n) is 2.80. The lowest BCUT2D eigenvalue weighted by atomic mass is 10.0. The van der Waals surface area contributed by atoms with E-state index < -0.39 is 0 Å². The number of hydrogen-bond acceptors (Lipinski definition) is 3. The van der Waals surface area contributed by atoms with Gasteiger partial charge in [0.2, 0.25) is 5.91 Å². The van der Waals surface area contributed by atoms with Crippen LogP contribution in [0.4, 0.5) is 0 Å². The predicted molar refractivity (Wildman–Crippen MR) is 69.4 cm³/mol. The van der Waals surface area contributed by atoms with Gasteiger partial charge in [0.25, 0.3) is 0 Å². The van der Waals surface area contributed by atoms with Gasteiger partial charge in [0.05, 0.1) is 12.1 Å². The number of aliphatic imine (C=N–C) groups is 1. The van der Waals surface area contributed by atoms with E-state index in [2.05, 4.69) is 16.0 Å². The smallest absolute Gasteiger partial charge is 0.222 e. The number of pyridine rings is 1. The summed E-state index contributed by atoms with van der Waals surface area (Å²) in [6, 6.07) is 2.62.